The molecule has 0 atom stereocenters. The van der Waals surface area contributed by atoms with Crippen molar-refractivity contribution in [2.75, 3.05) is 4.90 Å². The highest BCUT2D eigenvalue weighted by atomic mass is 16.3. The van der Waals surface area contributed by atoms with Crippen molar-refractivity contribution in [3.8, 4) is 39.1 Å². The molecular formula is C62H40N2O. The summed E-state index contributed by atoms with van der Waals surface area (Å²) in [5.74, 6) is 0. The van der Waals surface area contributed by atoms with Gasteiger partial charge < -0.3 is 13.9 Å². The number of hydrogen-bond donors (Lipinski definition) is 0. The molecule has 0 amide bonds. The first kappa shape index (κ1) is 36.9. The largest absolute Gasteiger partial charge is 0.456 e. The molecule has 11 aromatic carbocycles. The summed E-state index contributed by atoms with van der Waals surface area (Å²) in [5, 5.41) is 9.79. The molecule has 0 aliphatic carbocycles. The molecule has 13 aromatic rings. The molecular weight excluding hydrogens is 789 g/mol. The van der Waals surface area contributed by atoms with E-state index in [-0.39, 0.29) is 0 Å². The Kier molecular flexibility index (Phi) is 8.53. The van der Waals surface area contributed by atoms with Crippen molar-refractivity contribution in [1.82, 2.24) is 4.57 Å². The lowest BCUT2D eigenvalue weighted by Gasteiger charge is -2.28. The normalized spacial score (nSPS) is 11.7. The molecule has 0 radical (unpaired) electrons. The van der Waals surface area contributed by atoms with E-state index in [0.29, 0.717) is 0 Å². The van der Waals surface area contributed by atoms with E-state index in [1.165, 1.54) is 48.9 Å². The standard InChI is InChI=1S/C62H40N2O/c1-2-18-51-42(13-1)27-28-46-37-45(31-35-52(46)51)44-15-12-16-49(39-44)63(58-23-7-3-19-53(58)47-32-36-57-56-22-6-10-26-61(56)65-62(57)40-47)48-33-29-41(30-34-48)43-14-11-17-50(38-43)64-59-24-8-4-20-54(59)55-21-5-9-25-60(55)64/h1-40H. The predicted octanol–water partition coefficient (Wildman–Crippen LogP) is 17.5. The molecule has 0 aliphatic rings. The topological polar surface area (TPSA) is 21.3 Å². The zero-order valence-corrected chi connectivity index (χ0v) is 35.4. The molecule has 0 unspecified atom stereocenters. The maximum Gasteiger partial charge on any atom is 0.136 e. The third-order valence-electron chi connectivity index (χ3n) is 13.2. The van der Waals surface area contributed by atoms with E-state index >= 15 is 0 Å². The van der Waals surface area contributed by atoms with E-state index in [4.69, 9.17) is 4.42 Å². The molecule has 65 heavy (non-hydrogen) atoms. The number of nitrogens with zero attached hydrogens (tertiary/aromatic N) is 2. The molecule has 304 valence electrons. The molecule has 3 nitrogen and oxygen atoms in total. The lowest BCUT2D eigenvalue weighted by atomic mass is 9.96. The van der Waals surface area contributed by atoms with Crippen molar-refractivity contribution in [2.24, 2.45) is 0 Å². The highest BCUT2D eigenvalue weighted by Gasteiger charge is 2.20. The Morgan fingerprint density at radius 1 is 0.308 bits per heavy atom. The molecule has 2 aromatic heterocycles. The summed E-state index contributed by atoms with van der Waals surface area (Å²) in [5.41, 5.74) is 15.4. The van der Waals surface area contributed by atoms with E-state index in [0.717, 1.165) is 72.5 Å². The van der Waals surface area contributed by atoms with Gasteiger partial charge in [0.25, 0.3) is 0 Å². The Morgan fingerprint density at radius 3 is 1.72 bits per heavy atom. The molecule has 0 saturated heterocycles. The Bertz CT molecular complexity index is 3910. The van der Waals surface area contributed by atoms with Crippen LogP contribution in [0.15, 0.2) is 247 Å². The van der Waals surface area contributed by atoms with Crippen LogP contribution in [0.5, 0.6) is 0 Å². The van der Waals surface area contributed by atoms with Crippen LogP contribution in [0.4, 0.5) is 17.1 Å². The zero-order chi connectivity index (χ0) is 42.8. The Labute approximate surface area is 376 Å². The summed E-state index contributed by atoms with van der Waals surface area (Å²) >= 11 is 0. The Hall–Kier alpha value is -8.66. The van der Waals surface area contributed by atoms with Crippen LogP contribution in [0.25, 0.3) is 104 Å². The van der Waals surface area contributed by atoms with Gasteiger partial charge in [-0.1, -0.05) is 164 Å². The highest BCUT2D eigenvalue weighted by molar-refractivity contribution is 6.10. The van der Waals surface area contributed by atoms with E-state index in [2.05, 4.69) is 240 Å². The number of aromatic nitrogens is 1. The molecule has 0 N–H and O–H groups in total. The highest BCUT2D eigenvalue weighted by Crippen LogP contribution is 2.44. The second-order valence-electron chi connectivity index (χ2n) is 16.9. The average Bonchev–Trinajstić information content (AvgIpc) is 3.92. The van der Waals surface area contributed by atoms with Crippen molar-refractivity contribution in [2.45, 2.75) is 0 Å². The van der Waals surface area contributed by atoms with Crippen molar-refractivity contribution < 1.29 is 4.42 Å². The quantitative estimate of drug-likeness (QED) is 0.149. The second kappa shape index (κ2) is 15.0. The van der Waals surface area contributed by atoms with Gasteiger partial charge in [0, 0.05) is 44.2 Å². The van der Waals surface area contributed by atoms with Crippen molar-refractivity contribution >= 4 is 82.4 Å². The molecule has 0 aliphatic heterocycles. The molecule has 0 saturated carbocycles. The summed E-state index contributed by atoms with van der Waals surface area (Å²) in [6, 6.07) is 87.8. The third kappa shape index (κ3) is 6.20. The average molecular weight is 829 g/mol. The van der Waals surface area contributed by atoms with E-state index < -0.39 is 0 Å². The minimum absolute atomic E-state index is 0.878. The van der Waals surface area contributed by atoms with Gasteiger partial charge in [0.2, 0.25) is 0 Å². The minimum Gasteiger partial charge on any atom is -0.456 e. The SMILES string of the molecule is c1cc(-c2ccc3c(ccc4ccccc43)c2)cc(N(c2ccc(-c3cccc(-n4c5ccccc5c5ccccc54)c3)cc2)c2ccccc2-c2ccc3c(c2)oc2ccccc23)c1. The van der Waals surface area contributed by atoms with Gasteiger partial charge in [0.15, 0.2) is 0 Å². The number of para-hydroxylation sites is 4. The maximum absolute atomic E-state index is 6.42. The summed E-state index contributed by atoms with van der Waals surface area (Å²) in [6.45, 7) is 0. The van der Waals surface area contributed by atoms with E-state index in [1.807, 2.05) is 12.1 Å². The van der Waals surface area contributed by atoms with Gasteiger partial charge in [-0.05, 0) is 128 Å². The van der Waals surface area contributed by atoms with Gasteiger partial charge in [-0.2, -0.15) is 0 Å². The van der Waals surface area contributed by atoms with Gasteiger partial charge in [-0.15, -0.1) is 0 Å². The maximum atomic E-state index is 6.42. The molecule has 13 rings (SSSR count). The Balaban J connectivity index is 0.937. The number of fused-ring (bicyclic) bond motifs is 9. The van der Waals surface area contributed by atoms with Crippen LogP contribution >= 0.6 is 0 Å². The molecule has 0 bridgehead atoms. The third-order valence-corrected chi connectivity index (χ3v) is 13.2. The van der Waals surface area contributed by atoms with E-state index in [1.54, 1.807) is 0 Å². The van der Waals surface area contributed by atoms with Crippen LogP contribution in [0.1, 0.15) is 0 Å². The number of anilines is 3. The van der Waals surface area contributed by atoms with Crippen molar-refractivity contribution in [3.05, 3.63) is 243 Å². The summed E-state index contributed by atoms with van der Waals surface area (Å²) in [7, 11) is 0. The van der Waals surface area contributed by atoms with Gasteiger partial charge in [-0.3, -0.25) is 0 Å². The smallest absolute Gasteiger partial charge is 0.136 e. The molecule has 0 spiro atoms. The summed E-state index contributed by atoms with van der Waals surface area (Å²) in [4.78, 5) is 2.40. The fourth-order valence-electron chi connectivity index (χ4n) is 10.1. The van der Waals surface area contributed by atoms with Crippen LogP contribution in [0, 0.1) is 0 Å². The van der Waals surface area contributed by atoms with Gasteiger partial charge in [-0.25, -0.2) is 0 Å². The lowest BCUT2D eigenvalue weighted by molar-refractivity contribution is 0.669. The minimum atomic E-state index is 0.878. The summed E-state index contributed by atoms with van der Waals surface area (Å²) in [6.07, 6.45) is 0. The zero-order valence-electron chi connectivity index (χ0n) is 35.4. The van der Waals surface area contributed by atoms with Crippen molar-refractivity contribution in [3.63, 3.8) is 0 Å². The van der Waals surface area contributed by atoms with Crippen LogP contribution in [-0.4, -0.2) is 4.57 Å². The fourth-order valence-corrected chi connectivity index (χ4v) is 10.1. The van der Waals surface area contributed by atoms with Gasteiger partial charge >= 0.3 is 0 Å². The van der Waals surface area contributed by atoms with Crippen LogP contribution in [-0.2, 0) is 0 Å². The monoisotopic (exact) mass is 828 g/mol. The first-order chi connectivity index (χ1) is 32.2. The second-order valence-corrected chi connectivity index (χ2v) is 16.9. The van der Waals surface area contributed by atoms with Crippen LogP contribution in [0.3, 0.4) is 0 Å². The van der Waals surface area contributed by atoms with Crippen LogP contribution in [0.2, 0.25) is 0 Å². The van der Waals surface area contributed by atoms with Gasteiger partial charge in [0.1, 0.15) is 11.2 Å². The predicted molar refractivity (Wildman–Crippen MR) is 274 cm³/mol. The number of benzene rings is 11. The molecule has 0 fully saturated rings. The summed E-state index contributed by atoms with van der Waals surface area (Å²) < 4.78 is 8.80. The fraction of sp³-hybridized carbons (Fsp3) is 0. The lowest BCUT2D eigenvalue weighted by Crippen LogP contribution is -2.11. The first-order valence-corrected chi connectivity index (χ1v) is 22.2. The van der Waals surface area contributed by atoms with E-state index in [9.17, 15) is 0 Å². The Morgan fingerprint density at radius 2 is 0.892 bits per heavy atom. The number of furan rings is 1. The first-order valence-electron chi connectivity index (χ1n) is 22.2. The number of hydrogen-bond acceptors (Lipinski definition) is 2. The molecule has 2 heterocycles. The number of rotatable bonds is 7. The van der Waals surface area contributed by atoms with Crippen molar-refractivity contribution in [1.29, 1.82) is 0 Å². The van der Waals surface area contributed by atoms with Crippen LogP contribution < -0.4 is 4.90 Å². The molecule has 3 heteroatoms. The van der Waals surface area contributed by atoms with Gasteiger partial charge in [0.05, 0.1) is 16.7 Å².